The second-order valence-electron chi connectivity index (χ2n) is 7.41. The number of hydrogen-bond donors (Lipinski definition) is 1. The zero-order valence-corrected chi connectivity index (χ0v) is 15.3. The lowest BCUT2D eigenvalue weighted by atomic mass is 9.88. The minimum atomic E-state index is 0.464. The van der Waals surface area contributed by atoms with Gasteiger partial charge in [0.05, 0.1) is 0 Å². The molecule has 0 amide bonds. The van der Waals surface area contributed by atoms with Crippen molar-refractivity contribution in [3.63, 3.8) is 0 Å². The van der Waals surface area contributed by atoms with Crippen molar-refractivity contribution in [1.82, 2.24) is 5.32 Å². The van der Waals surface area contributed by atoms with Gasteiger partial charge in [0.1, 0.15) is 0 Å². The maximum atomic E-state index is 3.73. The van der Waals surface area contributed by atoms with Gasteiger partial charge in [-0.25, -0.2) is 0 Å². The Morgan fingerprint density at radius 1 is 0.692 bits per heavy atom. The molecule has 1 heteroatoms. The quantitative estimate of drug-likeness (QED) is 0.582. The van der Waals surface area contributed by atoms with E-state index in [1.54, 1.807) is 11.1 Å². The lowest BCUT2D eigenvalue weighted by molar-refractivity contribution is 0.487. The third-order valence-corrected chi connectivity index (χ3v) is 5.58. The van der Waals surface area contributed by atoms with Crippen molar-refractivity contribution in [2.24, 2.45) is 5.92 Å². The molecule has 0 atom stereocenters. The highest BCUT2D eigenvalue weighted by atomic mass is 14.9. The van der Waals surface area contributed by atoms with Gasteiger partial charge in [-0.3, -0.25) is 0 Å². The lowest BCUT2D eigenvalue weighted by Gasteiger charge is -2.19. The van der Waals surface area contributed by atoms with Crippen LogP contribution in [0.5, 0.6) is 0 Å². The van der Waals surface area contributed by atoms with E-state index < -0.39 is 0 Å². The highest BCUT2D eigenvalue weighted by Crippen LogP contribution is 2.28. The summed E-state index contributed by atoms with van der Waals surface area (Å²) in [5.74, 6) is 1.21. The maximum Gasteiger partial charge on any atom is 0.0101 e. The standard InChI is InChI=1S/C25H27N/c1-3-9-21(10-4-1)25(22-11-5-2-6-12-22)15-16-26-19-20-17-23-13-7-8-14-24(23)18-20/h1-14,20,25-26H,15-19H2. The molecule has 0 unspecified atom stereocenters. The van der Waals surface area contributed by atoms with Crippen LogP contribution >= 0.6 is 0 Å². The smallest absolute Gasteiger partial charge is 0.0101 e. The van der Waals surface area contributed by atoms with Crippen LogP contribution in [0, 0.1) is 5.92 Å². The van der Waals surface area contributed by atoms with Crippen molar-refractivity contribution in [2.45, 2.75) is 25.2 Å². The average molecular weight is 341 g/mol. The topological polar surface area (TPSA) is 12.0 Å². The Morgan fingerprint density at radius 3 is 1.73 bits per heavy atom. The Hall–Kier alpha value is -2.38. The molecule has 0 radical (unpaired) electrons. The Labute approximate surface area is 157 Å². The number of rotatable bonds is 7. The molecule has 0 spiro atoms. The van der Waals surface area contributed by atoms with Crippen LogP contribution in [-0.4, -0.2) is 13.1 Å². The molecular formula is C25H27N. The Kier molecular flexibility index (Phi) is 5.47. The van der Waals surface area contributed by atoms with Crippen LogP contribution in [0.4, 0.5) is 0 Å². The second-order valence-corrected chi connectivity index (χ2v) is 7.41. The van der Waals surface area contributed by atoms with Crippen LogP contribution in [0.15, 0.2) is 84.9 Å². The molecule has 3 aromatic carbocycles. The molecular weight excluding hydrogens is 314 g/mol. The van der Waals surface area contributed by atoms with Crippen LogP contribution in [0.25, 0.3) is 0 Å². The maximum absolute atomic E-state index is 3.73. The van der Waals surface area contributed by atoms with Gasteiger partial charge in [0.25, 0.3) is 0 Å². The third kappa shape index (κ3) is 4.05. The first kappa shape index (κ1) is 17.1. The molecule has 1 aliphatic rings. The van der Waals surface area contributed by atoms with Crippen LogP contribution in [-0.2, 0) is 12.8 Å². The van der Waals surface area contributed by atoms with Crippen LogP contribution in [0.2, 0.25) is 0 Å². The summed E-state index contributed by atoms with van der Waals surface area (Å²) in [5, 5.41) is 3.73. The molecule has 3 aromatic rings. The molecule has 1 aliphatic carbocycles. The Bertz CT molecular complexity index is 745. The molecule has 4 rings (SSSR count). The summed E-state index contributed by atoms with van der Waals surface area (Å²) in [6.45, 7) is 2.17. The van der Waals surface area contributed by atoms with E-state index in [4.69, 9.17) is 0 Å². The minimum absolute atomic E-state index is 0.464. The van der Waals surface area contributed by atoms with Gasteiger partial charge < -0.3 is 5.32 Å². The first-order valence-corrected chi connectivity index (χ1v) is 9.77. The van der Waals surface area contributed by atoms with Gasteiger partial charge in [-0.05, 0) is 60.5 Å². The molecule has 0 aromatic heterocycles. The van der Waals surface area contributed by atoms with Gasteiger partial charge in [-0.15, -0.1) is 0 Å². The Balaban J connectivity index is 1.33. The van der Waals surface area contributed by atoms with E-state index in [-0.39, 0.29) is 0 Å². The summed E-state index contributed by atoms with van der Waals surface area (Å²) >= 11 is 0. The van der Waals surface area contributed by atoms with Gasteiger partial charge in [-0.1, -0.05) is 84.9 Å². The van der Waals surface area contributed by atoms with Gasteiger partial charge in [0, 0.05) is 5.92 Å². The fourth-order valence-electron chi connectivity index (χ4n) is 4.24. The molecule has 26 heavy (non-hydrogen) atoms. The van der Waals surface area contributed by atoms with E-state index in [2.05, 4.69) is 90.2 Å². The van der Waals surface area contributed by atoms with Gasteiger partial charge in [-0.2, -0.15) is 0 Å². The summed E-state index contributed by atoms with van der Waals surface area (Å²) in [6, 6.07) is 30.7. The molecule has 0 fully saturated rings. The summed E-state index contributed by atoms with van der Waals surface area (Å²) in [4.78, 5) is 0. The molecule has 0 saturated heterocycles. The van der Waals surface area contributed by atoms with Crippen molar-refractivity contribution in [2.75, 3.05) is 13.1 Å². The van der Waals surface area contributed by atoms with Crippen molar-refractivity contribution >= 4 is 0 Å². The predicted molar refractivity (Wildman–Crippen MR) is 110 cm³/mol. The second kappa shape index (κ2) is 8.33. The molecule has 0 aliphatic heterocycles. The zero-order valence-electron chi connectivity index (χ0n) is 15.3. The fraction of sp³-hybridized carbons (Fsp3) is 0.280. The first-order valence-electron chi connectivity index (χ1n) is 9.77. The number of nitrogens with one attached hydrogen (secondary N) is 1. The van der Waals surface area contributed by atoms with Crippen molar-refractivity contribution in [3.8, 4) is 0 Å². The predicted octanol–water partition coefficient (Wildman–Crippen LogP) is 5.21. The monoisotopic (exact) mass is 341 g/mol. The lowest BCUT2D eigenvalue weighted by Crippen LogP contribution is -2.25. The van der Waals surface area contributed by atoms with Gasteiger partial charge in [0.2, 0.25) is 0 Å². The first-order chi connectivity index (χ1) is 12.9. The molecule has 132 valence electrons. The normalized spacial score (nSPS) is 13.9. The zero-order chi connectivity index (χ0) is 17.6. The van der Waals surface area contributed by atoms with E-state index in [9.17, 15) is 0 Å². The summed E-state index contributed by atoms with van der Waals surface area (Å²) in [7, 11) is 0. The SMILES string of the molecule is c1ccc(C(CCNCC2Cc3ccccc3C2)c2ccccc2)cc1. The molecule has 1 nitrogen and oxygen atoms in total. The highest BCUT2D eigenvalue weighted by molar-refractivity contribution is 5.33. The van der Waals surface area contributed by atoms with E-state index in [1.807, 2.05) is 0 Å². The Morgan fingerprint density at radius 2 is 1.19 bits per heavy atom. The summed E-state index contributed by atoms with van der Waals surface area (Å²) in [5.41, 5.74) is 5.92. The highest BCUT2D eigenvalue weighted by Gasteiger charge is 2.20. The van der Waals surface area contributed by atoms with Gasteiger partial charge in [0.15, 0.2) is 0 Å². The van der Waals surface area contributed by atoms with E-state index in [0.29, 0.717) is 5.92 Å². The molecule has 0 saturated carbocycles. The van der Waals surface area contributed by atoms with Crippen LogP contribution in [0.1, 0.15) is 34.6 Å². The van der Waals surface area contributed by atoms with E-state index in [1.165, 1.54) is 24.0 Å². The molecule has 0 bridgehead atoms. The van der Waals surface area contributed by atoms with Gasteiger partial charge >= 0.3 is 0 Å². The van der Waals surface area contributed by atoms with Crippen molar-refractivity contribution in [3.05, 3.63) is 107 Å². The van der Waals surface area contributed by atoms with Crippen LogP contribution < -0.4 is 5.32 Å². The summed E-state index contributed by atoms with van der Waals surface area (Å²) < 4.78 is 0. The minimum Gasteiger partial charge on any atom is -0.316 e. The van der Waals surface area contributed by atoms with Crippen molar-refractivity contribution in [1.29, 1.82) is 0 Å². The molecule has 1 N–H and O–H groups in total. The fourth-order valence-corrected chi connectivity index (χ4v) is 4.24. The van der Waals surface area contributed by atoms with E-state index in [0.717, 1.165) is 25.4 Å². The summed E-state index contributed by atoms with van der Waals surface area (Å²) in [6.07, 6.45) is 3.58. The molecule has 0 heterocycles. The number of fused-ring (bicyclic) bond motifs is 1. The van der Waals surface area contributed by atoms with Crippen LogP contribution in [0.3, 0.4) is 0 Å². The third-order valence-electron chi connectivity index (χ3n) is 5.58. The average Bonchev–Trinajstić information content (AvgIpc) is 3.12. The van der Waals surface area contributed by atoms with E-state index >= 15 is 0 Å². The van der Waals surface area contributed by atoms with Crippen molar-refractivity contribution < 1.29 is 0 Å². The largest absolute Gasteiger partial charge is 0.316 e. The number of benzene rings is 3. The number of hydrogen-bond acceptors (Lipinski definition) is 1.